The van der Waals surface area contributed by atoms with Crippen LogP contribution < -0.4 is 16.8 Å². The molecular formula is C31H37N7S2. The molecule has 2 aromatic carbocycles. The third-order valence-electron chi connectivity index (χ3n) is 7.37. The Kier molecular flexibility index (Phi) is 9.70. The molecule has 2 heterocycles. The quantitative estimate of drug-likeness (QED) is 0.151. The summed E-state index contributed by atoms with van der Waals surface area (Å²) in [6.07, 6.45) is 0.783. The highest BCUT2D eigenvalue weighted by atomic mass is 32.2. The van der Waals surface area contributed by atoms with Crippen LogP contribution >= 0.6 is 23.5 Å². The molecule has 5 N–H and O–H groups in total. The van der Waals surface area contributed by atoms with Gasteiger partial charge in [0.15, 0.2) is 0 Å². The smallest absolute Gasteiger partial charge is 0.223 e. The average Bonchev–Trinajstić information content (AvgIpc) is 2.99. The van der Waals surface area contributed by atoms with E-state index in [0.717, 1.165) is 45.2 Å². The molecule has 2 aromatic heterocycles. The summed E-state index contributed by atoms with van der Waals surface area (Å²) in [5.74, 6) is 3.82. The summed E-state index contributed by atoms with van der Waals surface area (Å²) in [4.78, 5) is 19.7. The molecule has 40 heavy (non-hydrogen) atoms. The standard InChI is InChI=1S/C31H37N7S2/c1-3-24-35-22(18-25(37-24)39-16-14-32)29-27(20-10-6-4-7-11-20)30(28(29)21-12-8-5-9-13-21)23-19-26(40-17-15-33)38-31(34-2)36-23/h4-13,18-19,27-30H,3,14-17,32-33H2,1-2H3,(H,34,36,38)/t27-,28-,29?,30?/m1/s1. The number of nitrogens with two attached hydrogens (primary N) is 2. The van der Waals surface area contributed by atoms with Gasteiger partial charge in [0.25, 0.3) is 0 Å². The van der Waals surface area contributed by atoms with E-state index in [-0.39, 0.29) is 23.7 Å². The molecule has 4 aromatic rings. The fourth-order valence-electron chi connectivity index (χ4n) is 5.69. The minimum absolute atomic E-state index is 0.141. The maximum atomic E-state index is 5.84. The Labute approximate surface area is 245 Å². The molecule has 1 fully saturated rings. The van der Waals surface area contributed by atoms with Gasteiger partial charge in [-0.2, -0.15) is 0 Å². The number of rotatable bonds is 12. The molecule has 5 rings (SSSR count). The van der Waals surface area contributed by atoms with Crippen molar-refractivity contribution < 1.29 is 0 Å². The SMILES string of the molecule is CCc1nc(SCCN)cc(C2[C@@H](c3ccccc3)C(c3cc(SCCN)nc(NC)n3)[C@@H]2c2ccccc2)n1. The van der Waals surface area contributed by atoms with Gasteiger partial charge in [0, 0.05) is 67.4 Å². The number of hydrogen-bond donors (Lipinski definition) is 3. The second kappa shape index (κ2) is 13.6. The summed E-state index contributed by atoms with van der Waals surface area (Å²) in [5.41, 5.74) is 16.4. The largest absolute Gasteiger partial charge is 0.357 e. The zero-order valence-corrected chi connectivity index (χ0v) is 24.7. The van der Waals surface area contributed by atoms with Gasteiger partial charge in [-0.1, -0.05) is 67.6 Å². The maximum Gasteiger partial charge on any atom is 0.223 e. The van der Waals surface area contributed by atoms with E-state index in [2.05, 4.69) is 85.0 Å². The van der Waals surface area contributed by atoms with E-state index < -0.39 is 0 Å². The third kappa shape index (κ3) is 6.17. The normalized spacial score (nSPS) is 20.2. The van der Waals surface area contributed by atoms with Gasteiger partial charge in [0.1, 0.15) is 15.9 Å². The van der Waals surface area contributed by atoms with E-state index >= 15 is 0 Å². The lowest BCUT2D eigenvalue weighted by atomic mass is 9.50. The number of thioether (sulfide) groups is 2. The number of benzene rings is 2. The summed E-state index contributed by atoms with van der Waals surface area (Å²) in [7, 11) is 1.87. The van der Waals surface area contributed by atoms with Gasteiger partial charge in [0.2, 0.25) is 5.95 Å². The van der Waals surface area contributed by atoms with Crippen molar-refractivity contribution in [3.05, 3.63) is 101 Å². The van der Waals surface area contributed by atoms with Crippen LogP contribution in [0.2, 0.25) is 0 Å². The molecule has 7 nitrogen and oxygen atoms in total. The van der Waals surface area contributed by atoms with Gasteiger partial charge in [-0.25, -0.2) is 19.9 Å². The van der Waals surface area contributed by atoms with Crippen molar-refractivity contribution in [2.75, 3.05) is 37.0 Å². The van der Waals surface area contributed by atoms with Crippen molar-refractivity contribution in [3.8, 4) is 0 Å². The topological polar surface area (TPSA) is 116 Å². The highest BCUT2D eigenvalue weighted by molar-refractivity contribution is 7.99. The van der Waals surface area contributed by atoms with Crippen LogP contribution in [0, 0.1) is 0 Å². The van der Waals surface area contributed by atoms with Crippen LogP contribution in [0.4, 0.5) is 5.95 Å². The molecule has 0 amide bonds. The first-order valence-electron chi connectivity index (χ1n) is 13.9. The lowest BCUT2D eigenvalue weighted by Crippen LogP contribution is -2.41. The molecule has 1 aliphatic rings. The Morgan fingerprint density at radius 2 is 1.18 bits per heavy atom. The zero-order valence-electron chi connectivity index (χ0n) is 23.0. The number of aromatic nitrogens is 4. The molecule has 0 bridgehead atoms. The number of anilines is 1. The Morgan fingerprint density at radius 1 is 0.675 bits per heavy atom. The van der Waals surface area contributed by atoms with Crippen molar-refractivity contribution in [2.24, 2.45) is 11.5 Å². The fourth-order valence-corrected chi connectivity index (χ4v) is 7.07. The monoisotopic (exact) mass is 571 g/mol. The van der Waals surface area contributed by atoms with E-state index in [1.54, 1.807) is 23.5 Å². The van der Waals surface area contributed by atoms with Crippen LogP contribution in [0.15, 0.2) is 82.8 Å². The Morgan fingerprint density at radius 3 is 1.65 bits per heavy atom. The predicted molar refractivity (Wildman–Crippen MR) is 166 cm³/mol. The van der Waals surface area contributed by atoms with Crippen molar-refractivity contribution >= 4 is 29.5 Å². The van der Waals surface area contributed by atoms with Crippen molar-refractivity contribution in [2.45, 2.75) is 47.1 Å². The van der Waals surface area contributed by atoms with Crippen molar-refractivity contribution in [1.29, 1.82) is 0 Å². The first-order valence-corrected chi connectivity index (χ1v) is 15.8. The van der Waals surface area contributed by atoms with Gasteiger partial charge in [-0.05, 0) is 23.3 Å². The minimum atomic E-state index is 0.141. The van der Waals surface area contributed by atoms with Gasteiger partial charge in [-0.3, -0.25) is 0 Å². The third-order valence-corrected chi connectivity index (χ3v) is 9.26. The Bertz CT molecular complexity index is 1270. The molecule has 0 unspecified atom stereocenters. The van der Waals surface area contributed by atoms with Gasteiger partial charge in [0.05, 0.1) is 5.69 Å². The van der Waals surface area contributed by atoms with Crippen molar-refractivity contribution in [1.82, 2.24) is 19.9 Å². The van der Waals surface area contributed by atoms with E-state index in [4.69, 9.17) is 31.4 Å². The van der Waals surface area contributed by atoms with Crippen LogP contribution in [-0.4, -0.2) is 51.6 Å². The first kappa shape index (κ1) is 28.5. The van der Waals surface area contributed by atoms with Crippen LogP contribution in [-0.2, 0) is 6.42 Å². The Hall–Kier alpha value is -2.98. The van der Waals surface area contributed by atoms with Gasteiger partial charge in [-0.15, -0.1) is 23.5 Å². The fraction of sp³-hybridized carbons (Fsp3) is 0.355. The highest BCUT2D eigenvalue weighted by Crippen LogP contribution is 2.66. The molecule has 0 spiro atoms. The number of nitrogens with one attached hydrogen (secondary N) is 1. The molecule has 0 saturated heterocycles. The molecule has 1 saturated carbocycles. The predicted octanol–water partition coefficient (Wildman–Crippen LogP) is 5.42. The molecule has 9 heteroatoms. The molecule has 208 valence electrons. The summed E-state index contributed by atoms with van der Waals surface area (Å²) in [5, 5.41) is 5.12. The maximum absolute atomic E-state index is 5.84. The summed E-state index contributed by atoms with van der Waals surface area (Å²) < 4.78 is 0. The molecule has 2 atom stereocenters. The molecule has 0 radical (unpaired) electrons. The molecular weight excluding hydrogens is 535 g/mol. The lowest BCUT2D eigenvalue weighted by Gasteiger charge is -2.52. The zero-order chi connectivity index (χ0) is 27.9. The highest BCUT2D eigenvalue weighted by Gasteiger charge is 2.54. The molecule has 1 aliphatic carbocycles. The van der Waals surface area contributed by atoms with Crippen LogP contribution in [0.1, 0.15) is 58.9 Å². The molecule has 0 aliphatic heterocycles. The van der Waals surface area contributed by atoms with Crippen molar-refractivity contribution in [3.63, 3.8) is 0 Å². The number of nitrogens with zero attached hydrogens (tertiary/aromatic N) is 4. The minimum Gasteiger partial charge on any atom is -0.357 e. The lowest BCUT2D eigenvalue weighted by molar-refractivity contribution is 0.219. The van der Waals surface area contributed by atoms with E-state index in [1.165, 1.54) is 11.1 Å². The summed E-state index contributed by atoms with van der Waals surface area (Å²) >= 11 is 3.38. The van der Waals surface area contributed by atoms with Gasteiger partial charge >= 0.3 is 0 Å². The Balaban J connectivity index is 1.68. The second-order valence-corrected chi connectivity index (χ2v) is 12.0. The van der Waals surface area contributed by atoms with Gasteiger partial charge < -0.3 is 16.8 Å². The van der Waals surface area contributed by atoms with Crippen LogP contribution in [0.5, 0.6) is 0 Å². The van der Waals surface area contributed by atoms with Crippen LogP contribution in [0.3, 0.4) is 0 Å². The number of hydrogen-bond acceptors (Lipinski definition) is 9. The first-order chi connectivity index (χ1) is 19.7. The number of aryl methyl sites for hydroxylation is 1. The second-order valence-electron chi connectivity index (χ2n) is 9.80. The summed E-state index contributed by atoms with van der Waals surface area (Å²) in [6.45, 7) is 3.33. The summed E-state index contributed by atoms with van der Waals surface area (Å²) in [6, 6.07) is 26.0. The van der Waals surface area contributed by atoms with E-state index in [0.29, 0.717) is 19.0 Å². The van der Waals surface area contributed by atoms with Crippen LogP contribution in [0.25, 0.3) is 0 Å². The average molecular weight is 572 g/mol. The van der Waals surface area contributed by atoms with E-state index in [1.807, 2.05) is 7.05 Å². The van der Waals surface area contributed by atoms with E-state index in [9.17, 15) is 0 Å².